The van der Waals surface area contributed by atoms with Crippen LogP contribution in [0.25, 0.3) is 0 Å². The van der Waals surface area contributed by atoms with Crippen molar-refractivity contribution in [1.29, 1.82) is 0 Å². The monoisotopic (exact) mass is 299 g/mol. The molecule has 0 saturated heterocycles. The van der Waals surface area contributed by atoms with E-state index in [1.807, 2.05) is 6.07 Å². The van der Waals surface area contributed by atoms with Gasteiger partial charge in [0.15, 0.2) is 11.5 Å². The fourth-order valence-corrected chi connectivity index (χ4v) is 3.07. The molecule has 4 heteroatoms. The molecule has 0 saturated carbocycles. The Bertz CT molecular complexity index is 725. The summed E-state index contributed by atoms with van der Waals surface area (Å²) in [5, 5.41) is 23.1. The minimum absolute atomic E-state index is 0.0514. The molecule has 1 heterocycles. The number of nitrogens with one attached hydrogen (secondary N) is 1. The van der Waals surface area contributed by atoms with Crippen LogP contribution in [-0.2, 0) is 6.42 Å². The smallest absolute Gasteiger partial charge is 0.157 e. The molecule has 0 spiro atoms. The van der Waals surface area contributed by atoms with Gasteiger partial charge < -0.3 is 20.3 Å². The third kappa shape index (κ3) is 2.40. The number of fused-ring (bicyclic) bond motifs is 1. The summed E-state index contributed by atoms with van der Waals surface area (Å²) < 4.78 is 5.55. The lowest BCUT2D eigenvalue weighted by atomic mass is 9.87. The summed E-state index contributed by atoms with van der Waals surface area (Å²) in [6.07, 6.45) is 0.826. The molecule has 0 amide bonds. The first-order chi connectivity index (χ1) is 10.5. The first-order valence-electron chi connectivity index (χ1n) is 7.44. The average Bonchev–Trinajstić information content (AvgIpc) is 2.50. The number of hydrogen-bond acceptors (Lipinski definition) is 4. The molecule has 0 aromatic heterocycles. The number of hydrogen-bond donors (Lipinski definition) is 3. The van der Waals surface area contributed by atoms with Crippen molar-refractivity contribution in [1.82, 2.24) is 5.32 Å². The van der Waals surface area contributed by atoms with Crippen LogP contribution in [0.4, 0.5) is 0 Å². The molecule has 0 bridgehead atoms. The second-order valence-electron chi connectivity index (χ2n) is 5.86. The average molecular weight is 299 g/mol. The largest absolute Gasteiger partial charge is 0.504 e. The highest BCUT2D eigenvalue weighted by Gasteiger charge is 2.26. The van der Waals surface area contributed by atoms with Gasteiger partial charge in [-0.2, -0.15) is 0 Å². The van der Waals surface area contributed by atoms with Crippen LogP contribution in [0.2, 0.25) is 0 Å². The molecular formula is C18H21NO3. The number of ether oxygens (including phenoxy) is 1. The van der Waals surface area contributed by atoms with Crippen LogP contribution in [0.5, 0.6) is 17.2 Å². The van der Waals surface area contributed by atoms with Crippen molar-refractivity contribution >= 4 is 0 Å². The van der Waals surface area contributed by atoms with Crippen LogP contribution in [0, 0.1) is 13.8 Å². The van der Waals surface area contributed by atoms with Gasteiger partial charge in [0.1, 0.15) is 5.75 Å². The van der Waals surface area contributed by atoms with Crippen LogP contribution < -0.4 is 10.1 Å². The summed E-state index contributed by atoms with van der Waals surface area (Å²) in [5.41, 5.74) is 5.48. The number of phenolic OH excluding ortho intramolecular Hbond substituents is 2. The van der Waals surface area contributed by atoms with Crippen LogP contribution in [-0.4, -0.2) is 23.9 Å². The molecule has 3 rings (SSSR count). The number of aryl methyl sites for hydroxylation is 2. The molecule has 0 aliphatic carbocycles. The van der Waals surface area contributed by atoms with Crippen molar-refractivity contribution in [3.05, 3.63) is 52.1 Å². The van der Waals surface area contributed by atoms with Gasteiger partial charge in [-0.3, -0.25) is 0 Å². The maximum Gasteiger partial charge on any atom is 0.157 e. The van der Waals surface area contributed by atoms with E-state index in [-0.39, 0.29) is 17.5 Å². The van der Waals surface area contributed by atoms with Crippen molar-refractivity contribution < 1.29 is 14.9 Å². The Morgan fingerprint density at radius 2 is 1.68 bits per heavy atom. The number of rotatable bonds is 2. The molecule has 3 N–H and O–H groups in total. The van der Waals surface area contributed by atoms with E-state index in [1.165, 1.54) is 11.1 Å². The topological polar surface area (TPSA) is 61.7 Å². The molecule has 2 aromatic carbocycles. The maximum atomic E-state index is 9.86. The fourth-order valence-electron chi connectivity index (χ4n) is 3.07. The Hall–Kier alpha value is -2.20. The summed E-state index contributed by atoms with van der Waals surface area (Å²) in [6, 6.07) is 7.43. The van der Waals surface area contributed by atoms with Crippen LogP contribution in [0.3, 0.4) is 0 Å². The van der Waals surface area contributed by atoms with Gasteiger partial charge in [0.05, 0.1) is 13.2 Å². The van der Waals surface area contributed by atoms with Crippen LogP contribution >= 0.6 is 0 Å². The lowest BCUT2D eigenvalue weighted by Gasteiger charge is -2.29. The van der Waals surface area contributed by atoms with Crippen LogP contribution in [0.1, 0.15) is 33.9 Å². The van der Waals surface area contributed by atoms with Gasteiger partial charge >= 0.3 is 0 Å². The Labute approximate surface area is 130 Å². The Morgan fingerprint density at radius 1 is 1.00 bits per heavy atom. The van der Waals surface area contributed by atoms with E-state index < -0.39 is 0 Å². The maximum absolute atomic E-state index is 9.86. The molecule has 1 aliphatic heterocycles. The quantitative estimate of drug-likeness (QED) is 0.746. The zero-order chi connectivity index (χ0) is 15.9. The lowest BCUT2D eigenvalue weighted by molar-refractivity contribution is 0.395. The molecule has 1 unspecified atom stereocenters. The van der Waals surface area contributed by atoms with E-state index in [4.69, 9.17) is 4.74 Å². The predicted molar refractivity (Wildman–Crippen MR) is 85.8 cm³/mol. The number of aromatic hydroxyl groups is 2. The fraction of sp³-hybridized carbons (Fsp3) is 0.333. The minimum Gasteiger partial charge on any atom is -0.504 e. The molecule has 1 aliphatic rings. The van der Waals surface area contributed by atoms with Crippen molar-refractivity contribution in [2.45, 2.75) is 26.3 Å². The second kappa shape index (κ2) is 5.54. The van der Waals surface area contributed by atoms with Gasteiger partial charge in [0, 0.05) is 12.1 Å². The summed E-state index contributed by atoms with van der Waals surface area (Å²) in [6.45, 7) is 4.96. The predicted octanol–water partition coefficient (Wildman–Crippen LogP) is 2.96. The van der Waals surface area contributed by atoms with Crippen molar-refractivity contribution in [3.8, 4) is 17.2 Å². The summed E-state index contributed by atoms with van der Waals surface area (Å²) in [4.78, 5) is 0. The van der Waals surface area contributed by atoms with Gasteiger partial charge in [0.25, 0.3) is 0 Å². The summed E-state index contributed by atoms with van der Waals surface area (Å²) in [5.74, 6) is 0.683. The number of benzene rings is 2. The molecule has 2 aromatic rings. The molecule has 0 radical (unpaired) electrons. The Kier molecular flexibility index (Phi) is 3.71. The molecule has 22 heavy (non-hydrogen) atoms. The lowest BCUT2D eigenvalue weighted by Crippen LogP contribution is -2.31. The minimum atomic E-state index is -0.0877. The first-order valence-corrected chi connectivity index (χ1v) is 7.44. The Morgan fingerprint density at radius 3 is 2.41 bits per heavy atom. The van der Waals surface area contributed by atoms with E-state index in [1.54, 1.807) is 19.2 Å². The van der Waals surface area contributed by atoms with Gasteiger partial charge in [-0.15, -0.1) is 0 Å². The number of methoxy groups -OCH3 is 1. The van der Waals surface area contributed by atoms with Gasteiger partial charge in [-0.1, -0.05) is 6.07 Å². The normalized spacial score (nSPS) is 17.1. The third-order valence-electron chi connectivity index (χ3n) is 4.45. The van der Waals surface area contributed by atoms with Crippen LogP contribution in [0.15, 0.2) is 24.3 Å². The van der Waals surface area contributed by atoms with Crippen molar-refractivity contribution in [2.75, 3.05) is 13.7 Å². The first kappa shape index (κ1) is 14.7. The molecular weight excluding hydrogens is 278 g/mol. The highest BCUT2D eigenvalue weighted by molar-refractivity contribution is 5.53. The van der Waals surface area contributed by atoms with Gasteiger partial charge in [0.2, 0.25) is 0 Å². The van der Waals surface area contributed by atoms with E-state index in [0.717, 1.165) is 35.4 Å². The highest BCUT2D eigenvalue weighted by Crippen LogP contribution is 2.39. The summed E-state index contributed by atoms with van der Waals surface area (Å²) >= 11 is 0. The summed E-state index contributed by atoms with van der Waals surface area (Å²) in [7, 11) is 1.67. The number of phenols is 2. The highest BCUT2D eigenvalue weighted by atomic mass is 16.5. The SMILES string of the molecule is COc1cc(C)c(C)cc1C1NCCc2cc(O)c(O)cc21. The van der Waals surface area contributed by atoms with Crippen molar-refractivity contribution in [3.63, 3.8) is 0 Å². The zero-order valence-electron chi connectivity index (χ0n) is 13.1. The molecule has 0 fully saturated rings. The second-order valence-corrected chi connectivity index (χ2v) is 5.86. The van der Waals surface area contributed by atoms with Gasteiger partial charge in [-0.25, -0.2) is 0 Å². The molecule has 1 atom stereocenters. The van der Waals surface area contributed by atoms with E-state index in [2.05, 4.69) is 25.2 Å². The van der Waals surface area contributed by atoms with Crippen molar-refractivity contribution in [2.24, 2.45) is 0 Å². The zero-order valence-corrected chi connectivity index (χ0v) is 13.1. The van der Waals surface area contributed by atoms with E-state index >= 15 is 0 Å². The molecule has 4 nitrogen and oxygen atoms in total. The standard InChI is InChI=1S/C18H21NO3/c1-10-6-14(17(22-3)7-11(10)2)18-13-9-16(21)15(20)8-12(13)4-5-19-18/h6-9,18-21H,4-5H2,1-3H3. The van der Waals surface area contributed by atoms with Gasteiger partial charge in [-0.05, 0) is 60.7 Å². The Balaban J connectivity index is 2.16. The van der Waals surface area contributed by atoms with E-state index in [9.17, 15) is 10.2 Å². The van der Waals surface area contributed by atoms with E-state index in [0.29, 0.717) is 0 Å². The molecule has 116 valence electrons. The third-order valence-corrected chi connectivity index (χ3v) is 4.45.